The molecule has 2 amide bonds. The van der Waals surface area contributed by atoms with Gasteiger partial charge in [0.25, 0.3) is 0 Å². The van der Waals surface area contributed by atoms with E-state index in [-0.39, 0.29) is 11.4 Å². The standard InChI is InChI=1S/C17H25N5O2/c23-16(20-9-11-24-12-10-20)22-8-4-17(14-22)3-1-7-21(13-17)15-18-5-2-6-19-15/h2,5-6H,1,3-4,7-14H2. The molecule has 3 fully saturated rings. The second-order valence-corrected chi connectivity index (χ2v) is 7.13. The van der Waals surface area contributed by atoms with E-state index < -0.39 is 0 Å². The van der Waals surface area contributed by atoms with Crippen molar-refractivity contribution in [1.82, 2.24) is 19.8 Å². The molecule has 1 spiro atoms. The molecule has 4 heterocycles. The summed E-state index contributed by atoms with van der Waals surface area (Å²) in [4.78, 5) is 27.8. The third-order valence-corrected chi connectivity index (χ3v) is 5.49. The second-order valence-electron chi connectivity index (χ2n) is 7.13. The summed E-state index contributed by atoms with van der Waals surface area (Å²) in [6.07, 6.45) is 6.99. The number of amides is 2. The summed E-state index contributed by atoms with van der Waals surface area (Å²) in [5.74, 6) is 0.814. The van der Waals surface area contributed by atoms with Crippen molar-refractivity contribution in [3.63, 3.8) is 0 Å². The lowest BCUT2D eigenvalue weighted by molar-refractivity contribution is 0.0440. The number of hydrogen-bond acceptors (Lipinski definition) is 5. The molecule has 24 heavy (non-hydrogen) atoms. The van der Waals surface area contributed by atoms with Crippen molar-refractivity contribution in [2.75, 3.05) is 57.4 Å². The van der Waals surface area contributed by atoms with Gasteiger partial charge in [-0.05, 0) is 25.3 Å². The molecule has 1 aromatic heterocycles. The van der Waals surface area contributed by atoms with Gasteiger partial charge in [0, 0.05) is 57.1 Å². The topological polar surface area (TPSA) is 61.8 Å². The minimum absolute atomic E-state index is 0.184. The number of urea groups is 1. The zero-order valence-electron chi connectivity index (χ0n) is 14.1. The van der Waals surface area contributed by atoms with Gasteiger partial charge >= 0.3 is 6.03 Å². The SMILES string of the molecule is O=C(N1CCOCC1)N1CCC2(CCCN(c3ncccn3)C2)C1. The van der Waals surface area contributed by atoms with Crippen LogP contribution in [0.25, 0.3) is 0 Å². The van der Waals surface area contributed by atoms with Crippen LogP contribution in [-0.4, -0.2) is 78.3 Å². The maximum Gasteiger partial charge on any atom is 0.320 e. The van der Waals surface area contributed by atoms with Crippen LogP contribution in [0.15, 0.2) is 18.5 Å². The molecule has 0 aromatic carbocycles. The molecule has 3 saturated heterocycles. The maximum absolute atomic E-state index is 12.7. The number of aromatic nitrogens is 2. The van der Waals surface area contributed by atoms with E-state index in [1.165, 1.54) is 6.42 Å². The molecule has 1 aromatic rings. The Bertz CT molecular complexity index is 578. The van der Waals surface area contributed by atoms with Crippen LogP contribution >= 0.6 is 0 Å². The fourth-order valence-electron chi connectivity index (χ4n) is 4.22. The molecule has 7 heteroatoms. The number of ether oxygens (including phenoxy) is 1. The smallest absolute Gasteiger partial charge is 0.320 e. The summed E-state index contributed by atoms with van der Waals surface area (Å²) in [5, 5.41) is 0. The number of carbonyl (C=O) groups excluding carboxylic acids is 1. The highest BCUT2D eigenvalue weighted by Crippen LogP contribution is 2.40. The number of nitrogens with zero attached hydrogens (tertiary/aromatic N) is 5. The van der Waals surface area contributed by atoms with Gasteiger partial charge in [-0.3, -0.25) is 0 Å². The Morgan fingerprint density at radius 3 is 2.58 bits per heavy atom. The van der Waals surface area contributed by atoms with Crippen molar-refractivity contribution in [2.45, 2.75) is 19.3 Å². The molecule has 130 valence electrons. The van der Waals surface area contributed by atoms with Crippen LogP contribution in [0.4, 0.5) is 10.7 Å². The van der Waals surface area contributed by atoms with Crippen molar-refractivity contribution in [3.8, 4) is 0 Å². The first kappa shape index (κ1) is 15.6. The molecule has 0 radical (unpaired) electrons. The van der Waals surface area contributed by atoms with Crippen molar-refractivity contribution in [3.05, 3.63) is 18.5 Å². The number of rotatable bonds is 1. The van der Waals surface area contributed by atoms with Gasteiger partial charge in [0.2, 0.25) is 5.95 Å². The summed E-state index contributed by atoms with van der Waals surface area (Å²) in [7, 11) is 0. The largest absolute Gasteiger partial charge is 0.378 e. The molecule has 0 aliphatic carbocycles. The van der Waals surface area contributed by atoms with Gasteiger partial charge in [0.1, 0.15) is 0 Å². The van der Waals surface area contributed by atoms with Gasteiger partial charge in [-0.2, -0.15) is 0 Å². The minimum Gasteiger partial charge on any atom is -0.378 e. The number of likely N-dealkylation sites (tertiary alicyclic amines) is 1. The minimum atomic E-state index is 0.184. The van der Waals surface area contributed by atoms with Crippen LogP contribution < -0.4 is 4.90 Å². The van der Waals surface area contributed by atoms with E-state index in [0.717, 1.165) is 45.0 Å². The highest BCUT2D eigenvalue weighted by atomic mass is 16.5. The monoisotopic (exact) mass is 331 g/mol. The number of piperidine rings is 1. The third kappa shape index (κ3) is 3.05. The first-order chi connectivity index (χ1) is 11.8. The van der Waals surface area contributed by atoms with Crippen LogP contribution in [0.2, 0.25) is 0 Å². The average Bonchev–Trinajstić information content (AvgIpc) is 3.06. The first-order valence-corrected chi connectivity index (χ1v) is 8.89. The molecule has 0 bridgehead atoms. The van der Waals surface area contributed by atoms with E-state index >= 15 is 0 Å². The van der Waals surface area contributed by atoms with E-state index in [1.54, 1.807) is 12.4 Å². The second kappa shape index (κ2) is 6.55. The van der Waals surface area contributed by atoms with Gasteiger partial charge in [0.05, 0.1) is 13.2 Å². The van der Waals surface area contributed by atoms with Crippen molar-refractivity contribution in [2.24, 2.45) is 5.41 Å². The van der Waals surface area contributed by atoms with Crippen LogP contribution in [0.1, 0.15) is 19.3 Å². The fraction of sp³-hybridized carbons (Fsp3) is 0.706. The van der Waals surface area contributed by atoms with E-state index in [0.29, 0.717) is 26.3 Å². The van der Waals surface area contributed by atoms with E-state index in [9.17, 15) is 4.79 Å². The molecular weight excluding hydrogens is 306 g/mol. The number of carbonyl (C=O) groups is 1. The quantitative estimate of drug-likeness (QED) is 0.774. The molecule has 1 unspecified atom stereocenters. The number of hydrogen-bond donors (Lipinski definition) is 0. The molecule has 1 atom stereocenters. The fourth-order valence-corrected chi connectivity index (χ4v) is 4.22. The Balaban J connectivity index is 1.42. The lowest BCUT2D eigenvalue weighted by Crippen LogP contribution is -2.50. The number of anilines is 1. The molecule has 0 saturated carbocycles. The van der Waals surface area contributed by atoms with Crippen molar-refractivity contribution < 1.29 is 9.53 Å². The Morgan fingerprint density at radius 1 is 1.00 bits per heavy atom. The summed E-state index contributed by atoms with van der Waals surface area (Å²) >= 11 is 0. The highest BCUT2D eigenvalue weighted by Gasteiger charge is 2.44. The molecule has 0 N–H and O–H groups in total. The molecule has 3 aliphatic rings. The van der Waals surface area contributed by atoms with E-state index in [4.69, 9.17) is 4.74 Å². The Hall–Kier alpha value is -1.89. The van der Waals surface area contributed by atoms with Crippen LogP contribution in [0, 0.1) is 5.41 Å². The lowest BCUT2D eigenvalue weighted by Gasteiger charge is -2.40. The zero-order chi connectivity index (χ0) is 16.4. The molecule has 3 aliphatic heterocycles. The summed E-state index contributed by atoms with van der Waals surface area (Å²) in [5.41, 5.74) is 0.194. The van der Waals surface area contributed by atoms with E-state index in [1.807, 2.05) is 15.9 Å². The summed E-state index contributed by atoms with van der Waals surface area (Å²) in [6, 6.07) is 2.03. The van der Waals surface area contributed by atoms with Gasteiger partial charge in [0.15, 0.2) is 0 Å². The normalized spacial score (nSPS) is 27.8. The lowest BCUT2D eigenvalue weighted by atomic mass is 9.79. The third-order valence-electron chi connectivity index (χ3n) is 5.49. The average molecular weight is 331 g/mol. The van der Waals surface area contributed by atoms with Crippen molar-refractivity contribution in [1.29, 1.82) is 0 Å². The zero-order valence-corrected chi connectivity index (χ0v) is 14.1. The van der Waals surface area contributed by atoms with Crippen molar-refractivity contribution >= 4 is 12.0 Å². The summed E-state index contributed by atoms with van der Waals surface area (Å²) in [6.45, 7) is 6.41. The number of morpholine rings is 1. The van der Waals surface area contributed by atoms with Crippen LogP contribution in [0.3, 0.4) is 0 Å². The molecular formula is C17H25N5O2. The predicted molar refractivity (Wildman–Crippen MR) is 89.9 cm³/mol. The van der Waals surface area contributed by atoms with E-state index in [2.05, 4.69) is 14.9 Å². The highest BCUT2D eigenvalue weighted by molar-refractivity contribution is 5.75. The maximum atomic E-state index is 12.7. The van der Waals surface area contributed by atoms with Gasteiger partial charge in [-0.15, -0.1) is 0 Å². The Labute approximate surface area is 142 Å². The molecule has 4 rings (SSSR count). The van der Waals surface area contributed by atoms with Gasteiger partial charge < -0.3 is 19.4 Å². The Kier molecular flexibility index (Phi) is 4.26. The predicted octanol–water partition coefficient (Wildman–Crippen LogP) is 1.22. The van der Waals surface area contributed by atoms with Crippen LogP contribution in [0.5, 0.6) is 0 Å². The Morgan fingerprint density at radius 2 is 1.79 bits per heavy atom. The van der Waals surface area contributed by atoms with Crippen LogP contribution in [-0.2, 0) is 4.74 Å². The molecule has 7 nitrogen and oxygen atoms in total. The van der Waals surface area contributed by atoms with Gasteiger partial charge in [-0.25, -0.2) is 14.8 Å². The summed E-state index contributed by atoms with van der Waals surface area (Å²) < 4.78 is 5.35. The van der Waals surface area contributed by atoms with Gasteiger partial charge in [-0.1, -0.05) is 0 Å². The first-order valence-electron chi connectivity index (χ1n) is 8.89.